The molecule has 0 N–H and O–H groups in total. The van der Waals surface area contributed by atoms with Gasteiger partial charge in [-0.25, -0.2) is 0 Å². The fourth-order valence-corrected chi connectivity index (χ4v) is 10.5. The third-order valence-corrected chi connectivity index (χ3v) is 10.8. The lowest BCUT2D eigenvalue weighted by Crippen LogP contribution is -2.36. The van der Waals surface area contributed by atoms with E-state index in [1.807, 2.05) is 0 Å². The maximum Gasteiger partial charge on any atom is -0.0118 e. The molecule has 116 valence electrons. The Kier molecular flexibility index (Phi) is 5.46. The molecular formula is C19H35P. The smallest absolute Gasteiger partial charge is 0.0118 e. The quantitative estimate of drug-likeness (QED) is 0.499. The molecule has 0 bridgehead atoms. The molecule has 1 heteroatoms. The number of hydrogen-bond acceptors (Lipinski definition) is 0. The highest BCUT2D eigenvalue weighted by Crippen LogP contribution is 2.67. The van der Waals surface area contributed by atoms with Crippen molar-refractivity contribution in [3.63, 3.8) is 0 Å². The molecule has 0 heterocycles. The summed E-state index contributed by atoms with van der Waals surface area (Å²) in [6.07, 6.45) is 23.4. The van der Waals surface area contributed by atoms with Crippen LogP contribution in [0.5, 0.6) is 0 Å². The van der Waals surface area contributed by atoms with Gasteiger partial charge in [0.15, 0.2) is 0 Å². The van der Waals surface area contributed by atoms with E-state index in [4.69, 9.17) is 0 Å². The molecule has 0 spiro atoms. The van der Waals surface area contributed by atoms with Gasteiger partial charge in [0, 0.05) is 0 Å². The summed E-state index contributed by atoms with van der Waals surface area (Å²) in [7, 11) is 0.303. The van der Waals surface area contributed by atoms with E-state index in [9.17, 15) is 0 Å². The standard InChI is InChI=1S/C19H35P/c1-19(15-9-4-10-16-19)20(17-11-5-2-6-12-17)18-13-7-3-8-14-18/h17-18H,2-16H2,1H3. The SMILES string of the molecule is CC1(P(C2CCCCC2)C2CCCCC2)CCCCC1. The summed E-state index contributed by atoms with van der Waals surface area (Å²) < 4.78 is 0. The molecule has 0 nitrogen and oxygen atoms in total. The molecule has 0 atom stereocenters. The van der Waals surface area contributed by atoms with E-state index in [0.717, 1.165) is 16.5 Å². The van der Waals surface area contributed by atoms with E-state index in [1.165, 1.54) is 32.1 Å². The van der Waals surface area contributed by atoms with Gasteiger partial charge in [0.05, 0.1) is 0 Å². The molecule has 0 aromatic rings. The average Bonchev–Trinajstić information content (AvgIpc) is 2.50. The number of rotatable bonds is 3. The van der Waals surface area contributed by atoms with Gasteiger partial charge < -0.3 is 0 Å². The molecule has 0 radical (unpaired) electrons. The lowest BCUT2D eigenvalue weighted by molar-refractivity contribution is 0.395. The molecule has 3 fully saturated rings. The van der Waals surface area contributed by atoms with Crippen molar-refractivity contribution in [1.82, 2.24) is 0 Å². The molecule has 3 aliphatic carbocycles. The van der Waals surface area contributed by atoms with Crippen molar-refractivity contribution in [3.05, 3.63) is 0 Å². The first-order chi connectivity index (χ1) is 9.80. The summed E-state index contributed by atoms with van der Waals surface area (Å²) in [5, 5.41) is 0.775. The van der Waals surface area contributed by atoms with Gasteiger partial charge >= 0.3 is 0 Å². The van der Waals surface area contributed by atoms with Crippen molar-refractivity contribution < 1.29 is 0 Å². The summed E-state index contributed by atoms with van der Waals surface area (Å²) in [5.41, 5.74) is 2.31. The van der Waals surface area contributed by atoms with Crippen molar-refractivity contribution in [2.45, 2.75) is 120 Å². The Labute approximate surface area is 128 Å². The van der Waals surface area contributed by atoms with E-state index in [1.54, 1.807) is 64.2 Å². The monoisotopic (exact) mass is 294 g/mol. The third-order valence-electron chi connectivity index (χ3n) is 6.49. The molecule has 3 saturated carbocycles. The lowest BCUT2D eigenvalue weighted by Gasteiger charge is -2.51. The lowest BCUT2D eigenvalue weighted by atomic mass is 9.90. The van der Waals surface area contributed by atoms with Gasteiger partial charge in [0.2, 0.25) is 0 Å². The normalized spacial score (nSPS) is 29.7. The second kappa shape index (κ2) is 7.13. The first kappa shape index (κ1) is 15.3. The Morgan fingerprint density at radius 2 is 1.00 bits per heavy atom. The molecule has 0 aliphatic heterocycles. The Morgan fingerprint density at radius 3 is 1.45 bits per heavy atom. The molecule has 20 heavy (non-hydrogen) atoms. The van der Waals surface area contributed by atoms with Gasteiger partial charge in [-0.1, -0.05) is 72.6 Å². The Morgan fingerprint density at radius 1 is 0.600 bits per heavy atom. The van der Waals surface area contributed by atoms with E-state index in [2.05, 4.69) is 6.92 Å². The highest BCUT2D eigenvalue weighted by atomic mass is 31.1. The molecule has 0 amide bonds. The summed E-state index contributed by atoms with van der Waals surface area (Å²) >= 11 is 0. The van der Waals surface area contributed by atoms with Crippen LogP contribution in [0.1, 0.15) is 103 Å². The maximum absolute atomic E-state index is 2.72. The second-order valence-corrected chi connectivity index (χ2v) is 11.4. The van der Waals surface area contributed by atoms with Crippen LogP contribution in [0.25, 0.3) is 0 Å². The molecule has 0 aromatic heterocycles. The van der Waals surface area contributed by atoms with Crippen LogP contribution in [0.3, 0.4) is 0 Å². The van der Waals surface area contributed by atoms with Crippen molar-refractivity contribution in [2.75, 3.05) is 0 Å². The predicted octanol–water partition coefficient (Wildman–Crippen LogP) is 6.86. The van der Waals surface area contributed by atoms with Crippen LogP contribution in [0, 0.1) is 0 Å². The summed E-state index contributed by atoms with van der Waals surface area (Å²) in [6.45, 7) is 2.72. The van der Waals surface area contributed by atoms with Crippen LogP contribution in [0.4, 0.5) is 0 Å². The average molecular weight is 294 g/mol. The zero-order chi connectivity index (χ0) is 13.8. The predicted molar refractivity (Wildman–Crippen MR) is 92.2 cm³/mol. The Bertz CT molecular complexity index is 262. The van der Waals surface area contributed by atoms with Crippen LogP contribution in [0.2, 0.25) is 0 Å². The van der Waals surface area contributed by atoms with Crippen molar-refractivity contribution >= 4 is 7.92 Å². The van der Waals surface area contributed by atoms with Crippen molar-refractivity contribution in [3.8, 4) is 0 Å². The first-order valence-corrected chi connectivity index (χ1v) is 11.1. The summed E-state index contributed by atoms with van der Waals surface area (Å²) in [4.78, 5) is 0. The van der Waals surface area contributed by atoms with Gasteiger partial charge in [-0.15, -0.1) is 0 Å². The zero-order valence-electron chi connectivity index (χ0n) is 13.7. The zero-order valence-corrected chi connectivity index (χ0v) is 14.6. The van der Waals surface area contributed by atoms with Crippen LogP contribution in [-0.2, 0) is 0 Å². The van der Waals surface area contributed by atoms with E-state index in [-0.39, 0.29) is 0 Å². The maximum atomic E-state index is 2.72. The second-order valence-electron chi connectivity index (χ2n) is 8.05. The van der Waals surface area contributed by atoms with Gasteiger partial charge in [0.25, 0.3) is 0 Å². The van der Waals surface area contributed by atoms with E-state index >= 15 is 0 Å². The van der Waals surface area contributed by atoms with Crippen LogP contribution >= 0.6 is 7.92 Å². The van der Waals surface area contributed by atoms with Crippen molar-refractivity contribution in [1.29, 1.82) is 0 Å². The molecule has 0 saturated heterocycles. The summed E-state index contributed by atoms with van der Waals surface area (Å²) in [5.74, 6) is 0. The Hall–Kier alpha value is 0.430. The number of hydrogen-bond donors (Lipinski definition) is 0. The van der Waals surface area contributed by atoms with Gasteiger partial charge in [-0.05, 0) is 55.0 Å². The van der Waals surface area contributed by atoms with Crippen LogP contribution in [-0.4, -0.2) is 16.5 Å². The van der Waals surface area contributed by atoms with Gasteiger partial charge in [0.1, 0.15) is 0 Å². The molecular weight excluding hydrogens is 259 g/mol. The Balaban J connectivity index is 1.77. The van der Waals surface area contributed by atoms with E-state index < -0.39 is 0 Å². The van der Waals surface area contributed by atoms with E-state index in [0.29, 0.717) is 7.92 Å². The minimum atomic E-state index is 0.303. The van der Waals surface area contributed by atoms with Gasteiger partial charge in [-0.3, -0.25) is 0 Å². The fraction of sp³-hybridized carbons (Fsp3) is 1.00. The minimum Gasteiger partial charge on any atom is -0.0942 e. The van der Waals surface area contributed by atoms with Crippen LogP contribution < -0.4 is 0 Å². The highest BCUT2D eigenvalue weighted by Gasteiger charge is 2.43. The minimum absolute atomic E-state index is 0.303. The third kappa shape index (κ3) is 3.43. The molecule has 3 aliphatic rings. The summed E-state index contributed by atoms with van der Waals surface area (Å²) in [6, 6.07) is 0. The van der Waals surface area contributed by atoms with Crippen LogP contribution in [0.15, 0.2) is 0 Å². The molecule has 0 aromatic carbocycles. The molecule has 3 rings (SSSR count). The molecule has 0 unspecified atom stereocenters. The largest absolute Gasteiger partial charge is 0.0942 e. The van der Waals surface area contributed by atoms with Crippen molar-refractivity contribution in [2.24, 2.45) is 0 Å². The fourth-order valence-electron chi connectivity index (χ4n) is 5.47. The topological polar surface area (TPSA) is 0 Å². The van der Waals surface area contributed by atoms with Gasteiger partial charge in [-0.2, -0.15) is 0 Å². The first-order valence-electron chi connectivity index (χ1n) is 9.58. The highest BCUT2D eigenvalue weighted by molar-refractivity contribution is 7.60.